The number of carbonyl (C=O) groups is 1. The zero-order valence-electron chi connectivity index (χ0n) is 11.3. The van der Waals surface area contributed by atoms with Crippen LogP contribution in [-0.4, -0.2) is 38.7 Å². The fourth-order valence-electron chi connectivity index (χ4n) is 2.14. The molecule has 0 bridgehead atoms. The van der Waals surface area contributed by atoms with Gasteiger partial charge in [0.2, 0.25) is 10.0 Å². The molecule has 2 rings (SSSR count). The van der Waals surface area contributed by atoms with E-state index in [0.29, 0.717) is 18.8 Å². The van der Waals surface area contributed by atoms with Crippen molar-refractivity contribution in [3.05, 3.63) is 16.5 Å². The maximum Gasteiger partial charge on any atom is 0.346 e. The molecule has 1 fully saturated rings. The van der Waals surface area contributed by atoms with Gasteiger partial charge >= 0.3 is 5.97 Å². The van der Waals surface area contributed by atoms with Gasteiger partial charge < -0.3 is 9.84 Å². The number of aryl methyl sites for hydroxylation is 1. The lowest BCUT2D eigenvalue weighted by molar-refractivity contribution is 0.0701. The number of ether oxygens (including phenoxy) is 1. The molecule has 2 unspecified atom stereocenters. The number of carboxylic acids is 1. The first-order chi connectivity index (χ1) is 9.31. The molecule has 1 aromatic heterocycles. The number of carboxylic acid groups (broad SMARTS) is 1. The monoisotopic (exact) mass is 319 g/mol. The van der Waals surface area contributed by atoms with Gasteiger partial charge in [-0.25, -0.2) is 17.9 Å². The number of thiophene rings is 1. The van der Waals surface area contributed by atoms with E-state index in [1.807, 2.05) is 0 Å². The Morgan fingerprint density at radius 1 is 1.60 bits per heavy atom. The van der Waals surface area contributed by atoms with Crippen molar-refractivity contribution in [1.29, 1.82) is 0 Å². The van der Waals surface area contributed by atoms with E-state index in [0.717, 1.165) is 17.8 Å². The second-order valence-corrected chi connectivity index (χ2v) is 7.91. The normalized spacial score (nSPS) is 21.0. The Balaban J connectivity index is 2.17. The first-order valence-corrected chi connectivity index (χ1v) is 8.55. The molecule has 0 aliphatic carbocycles. The third-order valence-corrected chi connectivity index (χ3v) is 6.62. The third kappa shape index (κ3) is 3.20. The maximum atomic E-state index is 12.3. The molecular formula is C12H17NO5S2. The van der Waals surface area contributed by atoms with E-state index in [1.54, 1.807) is 13.8 Å². The largest absolute Gasteiger partial charge is 0.477 e. The van der Waals surface area contributed by atoms with E-state index in [4.69, 9.17) is 9.84 Å². The topological polar surface area (TPSA) is 92.7 Å². The molecule has 6 nitrogen and oxygen atoms in total. The Kier molecular flexibility index (Phi) is 4.48. The summed E-state index contributed by atoms with van der Waals surface area (Å²) in [6, 6.07) is 1.16. The van der Waals surface area contributed by atoms with E-state index in [2.05, 4.69) is 4.72 Å². The number of aromatic carboxylic acids is 1. The molecule has 0 saturated carbocycles. The van der Waals surface area contributed by atoms with E-state index >= 15 is 0 Å². The molecule has 2 heterocycles. The summed E-state index contributed by atoms with van der Waals surface area (Å²) in [5.74, 6) is -0.948. The van der Waals surface area contributed by atoms with Crippen molar-refractivity contribution in [2.45, 2.75) is 30.5 Å². The SMILES string of the molecule is Cc1cc(S(=O)(=O)NC(C)C2CCOC2)sc1C(=O)O. The van der Waals surface area contributed by atoms with Crippen molar-refractivity contribution in [2.75, 3.05) is 13.2 Å². The van der Waals surface area contributed by atoms with Gasteiger partial charge in [0.1, 0.15) is 9.09 Å². The third-order valence-electron chi connectivity index (χ3n) is 3.37. The molecule has 112 valence electrons. The van der Waals surface area contributed by atoms with Crippen LogP contribution in [0.2, 0.25) is 0 Å². The molecule has 0 radical (unpaired) electrons. The maximum absolute atomic E-state index is 12.3. The molecule has 0 aromatic carbocycles. The van der Waals surface area contributed by atoms with Gasteiger partial charge in [0.15, 0.2) is 0 Å². The molecule has 20 heavy (non-hydrogen) atoms. The van der Waals surface area contributed by atoms with Crippen molar-refractivity contribution in [3.63, 3.8) is 0 Å². The Labute approximate surface area is 121 Å². The van der Waals surface area contributed by atoms with E-state index in [1.165, 1.54) is 6.07 Å². The Hall–Kier alpha value is -0.960. The summed E-state index contributed by atoms with van der Waals surface area (Å²) in [4.78, 5) is 11.0. The van der Waals surface area contributed by atoms with Crippen LogP contribution in [0.1, 0.15) is 28.6 Å². The predicted octanol–water partition coefficient (Wildman–Crippen LogP) is 1.46. The highest BCUT2D eigenvalue weighted by molar-refractivity contribution is 7.91. The van der Waals surface area contributed by atoms with Gasteiger partial charge in [-0.1, -0.05) is 0 Å². The Morgan fingerprint density at radius 3 is 2.80 bits per heavy atom. The van der Waals surface area contributed by atoms with Crippen LogP contribution in [0.3, 0.4) is 0 Å². The van der Waals surface area contributed by atoms with Crippen LogP contribution in [0.25, 0.3) is 0 Å². The highest BCUT2D eigenvalue weighted by Gasteiger charge is 2.28. The molecule has 1 aliphatic heterocycles. The molecule has 1 saturated heterocycles. The lowest BCUT2D eigenvalue weighted by Gasteiger charge is -2.18. The average molecular weight is 319 g/mol. The van der Waals surface area contributed by atoms with E-state index in [9.17, 15) is 13.2 Å². The molecule has 2 atom stereocenters. The van der Waals surface area contributed by atoms with Crippen LogP contribution in [-0.2, 0) is 14.8 Å². The minimum absolute atomic E-state index is 0.0400. The highest BCUT2D eigenvalue weighted by Crippen LogP contribution is 2.27. The van der Waals surface area contributed by atoms with Crippen molar-refractivity contribution >= 4 is 27.3 Å². The number of hydrogen-bond acceptors (Lipinski definition) is 5. The van der Waals surface area contributed by atoms with Gasteiger partial charge in [-0.2, -0.15) is 0 Å². The van der Waals surface area contributed by atoms with Crippen molar-refractivity contribution < 1.29 is 23.1 Å². The average Bonchev–Trinajstić information content (AvgIpc) is 2.96. The number of hydrogen-bond donors (Lipinski definition) is 2. The quantitative estimate of drug-likeness (QED) is 0.857. The number of sulfonamides is 1. The Morgan fingerprint density at radius 2 is 2.30 bits per heavy atom. The lowest BCUT2D eigenvalue weighted by atomic mass is 10.0. The van der Waals surface area contributed by atoms with Gasteiger partial charge in [-0.3, -0.25) is 0 Å². The molecule has 0 amide bonds. The predicted molar refractivity (Wildman–Crippen MR) is 74.7 cm³/mol. The minimum atomic E-state index is -3.68. The highest BCUT2D eigenvalue weighted by atomic mass is 32.2. The fraction of sp³-hybridized carbons (Fsp3) is 0.583. The Bertz CT molecular complexity index is 601. The summed E-state index contributed by atoms with van der Waals surface area (Å²) < 4.78 is 32.4. The zero-order valence-corrected chi connectivity index (χ0v) is 12.9. The number of rotatable bonds is 5. The summed E-state index contributed by atoms with van der Waals surface area (Å²) in [5, 5.41) is 8.98. The molecule has 1 aromatic rings. The van der Waals surface area contributed by atoms with Crippen molar-refractivity contribution in [3.8, 4) is 0 Å². The molecule has 2 N–H and O–H groups in total. The van der Waals surface area contributed by atoms with Gasteiger partial charge in [-0.05, 0) is 31.9 Å². The van der Waals surface area contributed by atoms with Crippen LogP contribution in [0, 0.1) is 12.8 Å². The van der Waals surface area contributed by atoms with Crippen LogP contribution >= 0.6 is 11.3 Å². The first kappa shape index (κ1) is 15.4. The minimum Gasteiger partial charge on any atom is -0.477 e. The number of nitrogens with one attached hydrogen (secondary N) is 1. The van der Waals surface area contributed by atoms with E-state index < -0.39 is 16.0 Å². The van der Waals surface area contributed by atoms with Crippen molar-refractivity contribution in [2.24, 2.45) is 5.92 Å². The van der Waals surface area contributed by atoms with Gasteiger partial charge in [0.25, 0.3) is 0 Å². The molecule has 1 aliphatic rings. The summed E-state index contributed by atoms with van der Waals surface area (Å²) in [5.41, 5.74) is 0.458. The van der Waals surface area contributed by atoms with E-state index in [-0.39, 0.29) is 21.0 Å². The zero-order chi connectivity index (χ0) is 14.9. The summed E-state index contributed by atoms with van der Waals surface area (Å²) >= 11 is 0.778. The van der Waals surface area contributed by atoms with Crippen LogP contribution in [0.4, 0.5) is 0 Å². The van der Waals surface area contributed by atoms with Gasteiger partial charge in [-0.15, -0.1) is 11.3 Å². The van der Waals surface area contributed by atoms with Gasteiger partial charge in [0.05, 0.1) is 6.61 Å². The second-order valence-electron chi connectivity index (χ2n) is 4.92. The molecule has 0 spiro atoms. The summed E-state index contributed by atoms with van der Waals surface area (Å²) in [6.07, 6.45) is 0.827. The fourth-order valence-corrected chi connectivity index (χ4v) is 4.85. The standard InChI is InChI=1S/C12H17NO5S2/c1-7-5-10(19-11(7)12(14)15)20(16,17)13-8(2)9-3-4-18-6-9/h5,8-9,13H,3-4,6H2,1-2H3,(H,14,15). The van der Waals surface area contributed by atoms with Crippen LogP contribution in [0.5, 0.6) is 0 Å². The second kappa shape index (κ2) is 5.80. The first-order valence-electron chi connectivity index (χ1n) is 6.25. The van der Waals surface area contributed by atoms with Gasteiger partial charge in [0, 0.05) is 18.6 Å². The smallest absolute Gasteiger partial charge is 0.346 e. The summed E-state index contributed by atoms with van der Waals surface area (Å²) in [6.45, 7) is 4.59. The molecular weight excluding hydrogens is 302 g/mol. The van der Waals surface area contributed by atoms with Crippen molar-refractivity contribution in [1.82, 2.24) is 4.72 Å². The van der Waals surface area contributed by atoms with Crippen LogP contribution in [0.15, 0.2) is 10.3 Å². The summed E-state index contributed by atoms with van der Waals surface area (Å²) in [7, 11) is -3.68. The lowest BCUT2D eigenvalue weighted by Crippen LogP contribution is -2.38. The van der Waals surface area contributed by atoms with Crippen LogP contribution < -0.4 is 4.72 Å². The molecule has 8 heteroatoms.